The Labute approximate surface area is 253 Å². The summed E-state index contributed by atoms with van der Waals surface area (Å²) in [6.07, 6.45) is 13.1. The van der Waals surface area contributed by atoms with Crippen LogP contribution in [0.4, 0.5) is 0 Å². The van der Waals surface area contributed by atoms with Crippen LogP contribution >= 0.6 is 11.6 Å². The minimum atomic E-state index is -0.393. The summed E-state index contributed by atoms with van der Waals surface area (Å²) >= 11 is 6.24. The van der Waals surface area contributed by atoms with Gasteiger partial charge < -0.3 is 14.6 Å². The van der Waals surface area contributed by atoms with Crippen molar-refractivity contribution >= 4 is 11.6 Å². The van der Waals surface area contributed by atoms with E-state index in [0.717, 1.165) is 81.6 Å². The molecule has 0 radical (unpaired) electrons. The molecule has 6 rings (SSSR count). The Morgan fingerprint density at radius 3 is 2.54 bits per heavy atom. The van der Waals surface area contributed by atoms with E-state index in [9.17, 15) is 5.11 Å². The lowest BCUT2D eigenvalue weighted by Gasteiger charge is -2.55. The van der Waals surface area contributed by atoms with Crippen molar-refractivity contribution in [2.24, 2.45) is 28.6 Å². The molecule has 6 unspecified atom stereocenters. The van der Waals surface area contributed by atoms with Crippen molar-refractivity contribution < 1.29 is 14.6 Å². The van der Waals surface area contributed by atoms with E-state index < -0.39 is 5.79 Å². The first-order chi connectivity index (χ1) is 19.6. The molecule has 4 fully saturated rings. The average molecular weight is 577 g/mol. The molecular formula is C37H49ClO3. The number of halogens is 1. The van der Waals surface area contributed by atoms with E-state index in [-0.39, 0.29) is 16.9 Å². The predicted molar refractivity (Wildman–Crippen MR) is 166 cm³/mol. The van der Waals surface area contributed by atoms with Crippen LogP contribution in [0.5, 0.6) is 0 Å². The van der Waals surface area contributed by atoms with Gasteiger partial charge in [-0.1, -0.05) is 80.5 Å². The molecule has 3 saturated carbocycles. The maximum Gasteiger partial charge on any atom is 0.169 e. The summed E-state index contributed by atoms with van der Waals surface area (Å²) in [6, 6.07) is 9.04. The van der Waals surface area contributed by atoms with E-state index in [1.807, 2.05) is 0 Å². The van der Waals surface area contributed by atoms with Crippen LogP contribution in [0.2, 0.25) is 0 Å². The predicted octanol–water partition coefficient (Wildman–Crippen LogP) is 8.89. The van der Waals surface area contributed by atoms with Gasteiger partial charge in [0.15, 0.2) is 5.79 Å². The minimum absolute atomic E-state index is 0.00690. The number of allylic oxidation sites excluding steroid dienone is 4. The van der Waals surface area contributed by atoms with Crippen LogP contribution in [-0.4, -0.2) is 30.2 Å². The van der Waals surface area contributed by atoms with Crippen molar-refractivity contribution in [3.05, 3.63) is 57.6 Å². The molecule has 5 aliphatic rings. The van der Waals surface area contributed by atoms with Gasteiger partial charge in [0.1, 0.15) is 0 Å². The molecule has 0 amide bonds. The Morgan fingerprint density at radius 1 is 1.05 bits per heavy atom. The van der Waals surface area contributed by atoms with Gasteiger partial charge in [-0.3, -0.25) is 0 Å². The molecule has 1 saturated heterocycles. The first kappa shape index (κ1) is 29.5. The summed E-state index contributed by atoms with van der Waals surface area (Å²) in [4.78, 5) is 0. The second-order valence-corrected chi connectivity index (χ2v) is 15.1. The van der Waals surface area contributed by atoms with E-state index in [1.54, 1.807) is 11.1 Å². The van der Waals surface area contributed by atoms with Gasteiger partial charge in [-0.25, -0.2) is 0 Å². The highest BCUT2D eigenvalue weighted by molar-refractivity contribution is 6.29. The SMILES string of the molecule is CC/C=C(\Cl)CCC#Cc1ccc(C2CC3(C)C(O)CCC3C3CCC4CC5(CCC4=C23)OCC(C)(C)CO5)cc1. The maximum absolute atomic E-state index is 11.2. The molecule has 1 spiro atoms. The van der Waals surface area contributed by atoms with Gasteiger partial charge in [0.25, 0.3) is 0 Å². The number of rotatable bonds is 4. The second-order valence-electron chi connectivity index (χ2n) is 14.7. The van der Waals surface area contributed by atoms with Crippen molar-refractivity contribution in [2.45, 2.75) is 116 Å². The number of benzene rings is 1. The number of aliphatic hydroxyl groups excluding tert-OH is 1. The normalized spacial score (nSPS) is 35.8. The molecule has 1 aromatic carbocycles. The van der Waals surface area contributed by atoms with Gasteiger partial charge in [-0.15, -0.1) is 0 Å². The van der Waals surface area contributed by atoms with Crippen LogP contribution in [0, 0.1) is 40.4 Å². The Kier molecular flexibility index (Phi) is 8.27. The zero-order chi connectivity index (χ0) is 28.8. The highest BCUT2D eigenvalue weighted by atomic mass is 35.5. The van der Waals surface area contributed by atoms with E-state index in [1.165, 1.54) is 18.4 Å². The van der Waals surface area contributed by atoms with Crippen LogP contribution in [-0.2, 0) is 9.47 Å². The summed E-state index contributed by atoms with van der Waals surface area (Å²) in [5, 5.41) is 12.1. The number of fused-ring (bicyclic) bond motifs is 4. The molecule has 222 valence electrons. The van der Waals surface area contributed by atoms with E-state index in [0.29, 0.717) is 23.7 Å². The molecule has 0 aromatic heterocycles. The van der Waals surface area contributed by atoms with Gasteiger partial charge in [0, 0.05) is 41.2 Å². The lowest BCUT2D eigenvalue weighted by Crippen LogP contribution is -2.52. The third kappa shape index (κ3) is 5.72. The van der Waals surface area contributed by atoms with E-state index >= 15 is 0 Å². The van der Waals surface area contributed by atoms with Crippen LogP contribution in [0.15, 0.2) is 46.5 Å². The fraction of sp³-hybridized carbons (Fsp3) is 0.676. The summed E-state index contributed by atoms with van der Waals surface area (Å²) < 4.78 is 13.0. The van der Waals surface area contributed by atoms with Crippen LogP contribution in [0.1, 0.15) is 115 Å². The molecule has 4 heteroatoms. The highest BCUT2D eigenvalue weighted by Gasteiger charge is 2.57. The summed E-state index contributed by atoms with van der Waals surface area (Å²) in [6.45, 7) is 10.5. The number of ether oxygens (including phenoxy) is 2. The first-order valence-corrected chi connectivity index (χ1v) is 16.6. The van der Waals surface area contributed by atoms with Gasteiger partial charge in [0.2, 0.25) is 0 Å². The zero-order valence-corrected chi connectivity index (χ0v) is 26.4. The molecule has 1 aliphatic heterocycles. The van der Waals surface area contributed by atoms with E-state index in [2.05, 4.69) is 69.9 Å². The first-order valence-electron chi connectivity index (χ1n) is 16.3. The molecule has 6 atom stereocenters. The molecule has 1 heterocycles. The number of aliphatic hydroxyl groups is 1. The molecule has 1 N–H and O–H groups in total. The molecule has 0 bridgehead atoms. The Balaban J connectivity index is 1.27. The monoisotopic (exact) mass is 576 g/mol. The number of hydrogen-bond donors (Lipinski definition) is 1. The lowest BCUT2D eigenvalue weighted by molar-refractivity contribution is -0.312. The quantitative estimate of drug-likeness (QED) is 0.287. The Hall–Kier alpha value is -1.57. The molecule has 3 nitrogen and oxygen atoms in total. The largest absolute Gasteiger partial charge is 0.393 e. The Morgan fingerprint density at radius 2 is 1.80 bits per heavy atom. The van der Waals surface area contributed by atoms with Crippen molar-refractivity contribution in [1.82, 2.24) is 0 Å². The van der Waals surface area contributed by atoms with Crippen LogP contribution < -0.4 is 0 Å². The van der Waals surface area contributed by atoms with Gasteiger partial charge >= 0.3 is 0 Å². The van der Waals surface area contributed by atoms with Gasteiger partial charge in [-0.2, -0.15) is 0 Å². The molecule has 4 aliphatic carbocycles. The second kappa shape index (κ2) is 11.5. The smallest absolute Gasteiger partial charge is 0.169 e. The molecular weight excluding hydrogens is 528 g/mol. The van der Waals surface area contributed by atoms with Crippen molar-refractivity contribution in [3.63, 3.8) is 0 Å². The summed E-state index contributed by atoms with van der Waals surface area (Å²) in [5.41, 5.74) is 5.98. The Bertz CT molecular complexity index is 1240. The third-order valence-corrected chi connectivity index (χ3v) is 11.5. The topological polar surface area (TPSA) is 38.7 Å². The standard InChI is InChI=1S/C37H49ClO3/c1-5-8-28(38)10-7-6-9-25-11-13-26(14-12-25)31-22-36(4)32(17-18-33(36)39)30-16-15-27-21-37(20-19-29(27)34(30)31)40-23-35(2,3)24-41-37/h8,11-14,27,30-33,39H,5,7,10,15-24H2,1-4H3/b28-8-. The van der Waals surface area contributed by atoms with Crippen molar-refractivity contribution in [1.29, 1.82) is 0 Å². The van der Waals surface area contributed by atoms with Crippen molar-refractivity contribution in [3.8, 4) is 11.8 Å². The summed E-state index contributed by atoms with van der Waals surface area (Å²) in [7, 11) is 0. The van der Waals surface area contributed by atoms with Crippen LogP contribution in [0.3, 0.4) is 0 Å². The van der Waals surface area contributed by atoms with Gasteiger partial charge in [0.05, 0.1) is 19.3 Å². The van der Waals surface area contributed by atoms with Gasteiger partial charge in [-0.05, 0) is 92.2 Å². The fourth-order valence-corrected chi connectivity index (χ4v) is 9.22. The zero-order valence-electron chi connectivity index (χ0n) is 25.6. The molecule has 41 heavy (non-hydrogen) atoms. The average Bonchev–Trinajstić information content (AvgIpc) is 3.26. The molecule has 1 aromatic rings. The fourth-order valence-electron chi connectivity index (χ4n) is 8.97. The van der Waals surface area contributed by atoms with Crippen molar-refractivity contribution in [2.75, 3.05) is 13.2 Å². The minimum Gasteiger partial charge on any atom is -0.393 e. The summed E-state index contributed by atoms with van der Waals surface area (Å²) in [5.74, 6) is 8.36. The van der Waals surface area contributed by atoms with E-state index in [4.69, 9.17) is 21.1 Å². The highest BCUT2D eigenvalue weighted by Crippen LogP contribution is 2.65. The lowest BCUT2D eigenvalue weighted by atomic mass is 9.52. The third-order valence-electron chi connectivity index (χ3n) is 11.2. The maximum atomic E-state index is 11.2. The number of hydrogen-bond acceptors (Lipinski definition) is 3. The van der Waals surface area contributed by atoms with Crippen LogP contribution in [0.25, 0.3) is 0 Å².